The van der Waals surface area contributed by atoms with Crippen LogP contribution in [0, 0.1) is 29.5 Å². The average molecular weight is 290 g/mol. The SMILES string of the molecule is Cc1c(N2C(=O)C(C)(C)[C@](C)(O)[C@@H]2C)ccc(C#N)c1F. The Morgan fingerprint density at radius 1 is 1.38 bits per heavy atom. The topological polar surface area (TPSA) is 64.3 Å². The zero-order chi connectivity index (χ0) is 16.2. The Morgan fingerprint density at radius 2 is 1.95 bits per heavy atom. The van der Waals surface area contributed by atoms with Gasteiger partial charge in [-0.3, -0.25) is 4.79 Å². The number of anilines is 1. The Balaban J connectivity index is 2.62. The van der Waals surface area contributed by atoms with Crippen LogP contribution in [0.3, 0.4) is 0 Å². The van der Waals surface area contributed by atoms with Gasteiger partial charge in [-0.25, -0.2) is 4.39 Å². The first kappa shape index (κ1) is 15.5. The first-order valence-corrected chi connectivity index (χ1v) is 6.82. The summed E-state index contributed by atoms with van der Waals surface area (Å²) in [6, 6.07) is 4.20. The van der Waals surface area contributed by atoms with E-state index in [0.717, 1.165) is 0 Å². The number of amides is 1. The molecular formula is C16H19FN2O2. The molecule has 0 aliphatic carbocycles. The number of nitriles is 1. The van der Waals surface area contributed by atoms with Crippen LogP contribution in [-0.2, 0) is 4.79 Å². The molecule has 1 aromatic carbocycles. The van der Waals surface area contributed by atoms with Crippen molar-refractivity contribution in [3.63, 3.8) is 0 Å². The van der Waals surface area contributed by atoms with Gasteiger partial charge in [0.1, 0.15) is 11.9 Å². The molecule has 1 aliphatic rings. The second kappa shape index (κ2) is 4.54. The summed E-state index contributed by atoms with van der Waals surface area (Å²) in [5.74, 6) is -0.883. The molecule has 1 N–H and O–H groups in total. The molecule has 2 atom stereocenters. The number of halogens is 1. The van der Waals surface area contributed by atoms with E-state index in [0.29, 0.717) is 5.69 Å². The lowest BCUT2D eigenvalue weighted by atomic mass is 9.76. The molecule has 5 heteroatoms. The quantitative estimate of drug-likeness (QED) is 0.864. The van der Waals surface area contributed by atoms with E-state index in [1.165, 1.54) is 17.9 Å². The van der Waals surface area contributed by atoms with E-state index in [-0.39, 0.29) is 17.0 Å². The van der Waals surface area contributed by atoms with E-state index in [4.69, 9.17) is 5.26 Å². The number of carbonyl (C=O) groups is 1. The monoisotopic (exact) mass is 290 g/mol. The third kappa shape index (κ3) is 1.86. The third-order valence-corrected chi connectivity index (χ3v) is 4.96. The molecule has 1 aromatic rings. The first-order valence-electron chi connectivity index (χ1n) is 6.82. The van der Waals surface area contributed by atoms with E-state index >= 15 is 0 Å². The van der Waals surface area contributed by atoms with E-state index < -0.39 is 22.9 Å². The van der Waals surface area contributed by atoms with Crippen LogP contribution < -0.4 is 4.90 Å². The number of aliphatic hydroxyl groups is 1. The maximum Gasteiger partial charge on any atom is 0.235 e. The Bertz CT molecular complexity index is 659. The van der Waals surface area contributed by atoms with Gasteiger partial charge < -0.3 is 10.0 Å². The number of carbonyl (C=O) groups excluding carboxylic acids is 1. The minimum absolute atomic E-state index is 0.0541. The lowest BCUT2D eigenvalue weighted by molar-refractivity contribution is -0.131. The van der Waals surface area contributed by atoms with Gasteiger partial charge in [-0.05, 0) is 46.8 Å². The van der Waals surface area contributed by atoms with Gasteiger partial charge in [-0.1, -0.05) is 0 Å². The third-order valence-electron chi connectivity index (χ3n) is 4.96. The molecular weight excluding hydrogens is 271 g/mol. The van der Waals surface area contributed by atoms with Gasteiger partial charge in [0.2, 0.25) is 5.91 Å². The smallest absolute Gasteiger partial charge is 0.235 e. The maximum absolute atomic E-state index is 14.1. The van der Waals surface area contributed by atoms with Crippen LogP contribution >= 0.6 is 0 Å². The van der Waals surface area contributed by atoms with E-state index in [1.807, 2.05) is 0 Å². The summed E-state index contributed by atoms with van der Waals surface area (Å²) in [7, 11) is 0. The summed E-state index contributed by atoms with van der Waals surface area (Å²) in [5.41, 5.74) is -1.62. The zero-order valence-electron chi connectivity index (χ0n) is 12.9. The van der Waals surface area contributed by atoms with Crippen LogP contribution in [0.15, 0.2) is 12.1 Å². The van der Waals surface area contributed by atoms with Crippen molar-refractivity contribution in [3.05, 3.63) is 29.1 Å². The fraction of sp³-hybridized carbons (Fsp3) is 0.500. The number of hydrogen-bond donors (Lipinski definition) is 1. The molecule has 1 saturated heterocycles. The van der Waals surface area contributed by atoms with Gasteiger partial charge in [0.15, 0.2) is 0 Å². The minimum atomic E-state index is -1.24. The van der Waals surface area contributed by atoms with Crippen LogP contribution in [0.25, 0.3) is 0 Å². The predicted molar refractivity (Wildman–Crippen MR) is 77.2 cm³/mol. The van der Waals surface area contributed by atoms with Crippen LogP contribution in [0.4, 0.5) is 10.1 Å². The Kier molecular flexibility index (Phi) is 3.34. The fourth-order valence-corrected chi connectivity index (χ4v) is 2.81. The van der Waals surface area contributed by atoms with Gasteiger partial charge >= 0.3 is 0 Å². The van der Waals surface area contributed by atoms with Crippen molar-refractivity contribution in [2.45, 2.75) is 46.3 Å². The van der Waals surface area contributed by atoms with E-state index in [9.17, 15) is 14.3 Å². The molecule has 0 saturated carbocycles. The molecule has 0 radical (unpaired) electrons. The van der Waals surface area contributed by atoms with Crippen molar-refractivity contribution in [1.82, 2.24) is 0 Å². The summed E-state index contributed by atoms with van der Waals surface area (Å²) < 4.78 is 14.1. The average Bonchev–Trinajstić information content (AvgIpc) is 2.53. The van der Waals surface area contributed by atoms with Crippen LogP contribution in [0.2, 0.25) is 0 Å². The summed E-state index contributed by atoms with van der Waals surface area (Å²) in [4.78, 5) is 14.1. The highest BCUT2D eigenvalue weighted by Crippen LogP contribution is 2.46. The Morgan fingerprint density at radius 3 is 2.38 bits per heavy atom. The van der Waals surface area contributed by atoms with Crippen molar-refractivity contribution < 1.29 is 14.3 Å². The summed E-state index contributed by atoms with van der Waals surface area (Å²) >= 11 is 0. The van der Waals surface area contributed by atoms with Crippen molar-refractivity contribution in [1.29, 1.82) is 5.26 Å². The molecule has 0 bridgehead atoms. The number of benzene rings is 1. The maximum atomic E-state index is 14.1. The van der Waals surface area contributed by atoms with Gasteiger partial charge in [0.05, 0.1) is 22.6 Å². The van der Waals surface area contributed by atoms with Gasteiger partial charge in [-0.15, -0.1) is 0 Å². The normalized spacial score (nSPS) is 27.8. The summed E-state index contributed by atoms with van der Waals surface area (Å²) in [6.07, 6.45) is 0. The molecule has 0 aromatic heterocycles. The van der Waals surface area contributed by atoms with Crippen molar-refractivity contribution in [2.24, 2.45) is 5.41 Å². The molecule has 4 nitrogen and oxygen atoms in total. The lowest BCUT2D eigenvalue weighted by Gasteiger charge is -2.33. The van der Waals surface area contributed by atoms with Crippen molar-refractivity contribution in [2.75, 3.05) is 4.90 Å². The molecule has 1 fully saturated rings. The lowest BCUT2D eigenvalue weighted by Crippen LogP contribution is -2.46. The summed E-state index contributed by atoms with van der Waals surface area (Å²) in [6.45, 7) is 8.25. The Labute approximate surface area is 123 Å². The highest BCUT2D eigenvalue weighted by atomic mass is 19.1. The second-order valence-electron chi connectivity index (χ2n) is 6.31. The standard InChI is InChI=1S/C16H19FN2O2/c1-9-12(7-6-11(8-18)13(9)17)19-10(2)16(5,21)15(3,4)14(19)20/h6-7,10,21H,1-5H3/t10-,16+/m0/s1. The van der Waals surface area contributed by atoms with Gasteiger partial charge in [-0.2, -0.15) is 5.26 Å². The molecule has 1 amide bonds. The Hall–Kier alpha value is -1.93. The van der Waals surface area contributed by atoms with Crippen LogP contribution in [0.1, 0.15) is 38.8 Å². The highest BCUT2D eigenvalue weighted by molar-refractivity contribution is 6.02. The predicted octanol–water partition coefficient (Wildman–Crippen LogP) is 2.52. The first-order chi connectivity index (χ1) is 9.57. The summed E-state index contributed by atoms with van der Waals surface area (Å²) in [5, 5.41) is 19.5. The molecule has 1 heterocycles. The number of rotatable bonds is 1. The minimum Gasteiger partial charge on any atom is -0.387 e. The second-order valence-corrected chi connectivity index (χ2v) is 6.31. The van der Waals surface area contributed by atoms with E-state index in [1.54, 1.807) is 39.8 Å². The van der Waals surface area contributed by atoms with Crippen molar-refractivity contribution >= 4 is 11.6 Å². The molecule has 1 aliphatic heterocycles. The van der Waals surface area contributed by atoms with Gasteiger partial charge in [0, 0.05) is 11.3 Å². The van der Waals surface area contributed by atoms with Crippen molar-refractivity contribution in [3.8, 4) is 6.07 Å². The van der Waals surface area contributed by atoms with Gasteiger partial charge in [0.25, 0.3) is 0 Å². The zero-order valence-corrected chi connectivity index (χ0v) is 12.9. The number of hydrogen-bond acceptors (Lipinski definition) is 3. The molecule has 0 unspecified atom stereocenters. The highest BCUT2D eigenvalue weighted by Gasteiger charge is 2.59. The molecule has 0 spiro atoms. The number of nitrogens with zero attached hydrogens (tertiary/aromatic N) is 2. The molecule has 112 valence electrons. The fourth-order valence-electron chi connectivity index (χ4n) is 2.81. The van der Waals surface area contributed by atoms with E-state index in [2.05, 4.69) is 0 Å². The molecule has 21 heavy (non-hydrogen) atoms. The largest absolute Gasteiger partial charge is 0.387 e. The van der Waals surface area contributed by atoms with Crippen LogP contribution in [0.5, 0.6) is 0 Å². The van der Waals surface area contributed by atoms with Crippen LogP contribution in [-0.4, -0.2) is 22.7 Å². The molecule has 2 rings (SSSR count).